The molecule has 3 heterocycles. The van der Waals surface area contributed by atoms with Gasteiger partial charge in [0.1, 0.15) is 5.82 Å². The molecular formula is C21H22N4O3S2. The van der Waals surface area contributed by atoms with Gasteiger partial charge in [0.25, 0.3) is 0 Å². The van der Waals surface area contributed by atoms with E-state index in [-0.39, 0.29) is 5.91 Å². The highest BCUT2D eigenvalue weighted by atomic mass is 32.2. The van der Waals surface area contributed by atoms with Crippen molar-refractivity contribution < 1.29 is 14.3 Å². The number of amides is 1. The summed E-state index contributed by atoms with van der Waals surface area (Å²) in [6.07, 6.45) is 4.66. The predicted molar refractivity (Wildman–Crippen MR) is 119 cm³/mol. The average molecular weight is 443 g/mol. The molecule has 30 heavy (non-hydrogen) atoms. The fourth-order valence-corrected chi connectivity index (χ4v) is 4.58. The number of thioether (sulfide) groups is 1. The van der Waals surface area contributed by atoms with E-state index < -0.39 is 0 Å². The fourth-order valence-electron chi connectivity index (χ4n) is 3.26. The first-order valence-electron chi connectivity index (χ1n) is 9.44. The molecule has 0 radical (unpaired) electrons. The van der Waals surface area contributed by atoms with Crippen LogP contribution in [-0.2, 0) is 17.8 Å². The number of benzene rings is 1. The molecule has 0 fully saturated rings. The third-order valence-corrected chi connectivity index (χ3v) is 6.50. The second kappa shape index (κ2) is 9.36. The topological polar surface area (TPSA) is 80.3 Å². The normalized spacial score (nSPS) is 13.5. The van der Waals surface area contributed by atoms with E-state index in [1.54, 1.807) is 25.6 Å². The summed E-state index contributed by atoms with van der Waals surface area (Å²) in [5, 5.41) is 9.68. The fraction of sp³-hybridized carbons (Fsp3) is 0.286. The first kappa shape index (κ1) is 20.5. The summed E-state index contributed by atoms with van der Waals surface area (Å²) in [6.45, 7) is 1.25. The number of nitrogens with one attached hydrogen (secondary N) is 1. The van der Waals surface area contributed by atoms with E-state index in [0.717, 1.165) is 22.6 Å². The Kier molecular flexibility index (Phi) is 6.39. The highest BCUT2D eigenvalue weighted by Gasteiger charge is 2.23. The quantitative estimate of drug-likeness (QED) is 0.562. The summed E-state index contributed by atoms with van der Waals surface area (Å²) in [5.41, 5.74) is 2.29. The van der Waals surface area contributed by atoms with Gasteiger partial charge in [-0.3, -0.25) is 9.89 Å². The van der Waals surface area contributed by atoms with Crippen molar-refractivity contribution in [2.45, 2.75) is 18.1 Å². The minimum atomic E-state index is 0.0703. The van der Waals surface area contributed by atoms with E-state index >= 15 is 0 Å². The van der Waals surface area contributed by atoms with Crippen LogP contribution in [-0.4, -0.2) is 52.5 Å². The Morgan fingerprint density at radius 3 is 2.80 bits per heavy atom. The zero-order chi connectivity index (χ0) is 20.9. The van der Waals surface area contributed by atoms with Crippen LogP contribution in [0.1, 0.15) is 21.8 Å². The zero-order valence-electron chi connectivity index (χ0n) is 16.8. The SMILES string of the molecule is COc1cc2c(cc1OC)CN(C(=O)CSc1n[nH]c(C=Cc3cccs3)n1)CC2. The lowest BCUT2D eigenvalue weighted by atomic mass is 9.99. The summed E-state index contributed by atoms with van der Waals surface area (Å²) in [6, 6.07) is 8.00. The van der Waals surface area contributed by atoms with Gasteiger partial charge in [-0.25, -0.2) is 4.98 Å². The predicted octanol–water partition coefficient (Wildman–Crippen LogP) is 3.73. The first-order chi connectivity index (χ1) is 14.7. The molecule has 9 heteroatoms. The van der Waals surface area contributed by atoms with Crippen LogP contribution in [0.3, 0.4) is 0 Å². The van der Waals surface area contributed by atoms with Gasteiger partial charge in [0.15, 0.2) is 11.5 Å². The van der Waals surface area contributed by atoms with Crippen molar-refractivity contribution in [1.82, 2.24) is 20.1 Å². The van der Waals surface area contributed by atoms with Crippen LogP contribution >= 0.6 is 23.1 Å². The van der Waals surface area contributed by atoms with Crippen molar-refractivity contribution in [3.63, 3.8) is 0 Å². The molecule has 1 N–H and O–H groups in total. The monoisotopic (exact) mass is 442 g/mol. The minimum absolute atomic E-state index is 0.0703. The number of carbonyl (C=O) groups excluding carboxylic acids is 1. The number of aromatic nitrogens is 3. The molecule has 0 saturated heterocycles. The largest absolute Gasteiger partial charge is 0.493 e. The standard InChI is InChI=1S/C21H22N4O3S2/c1-27-17-10-14-7-8-25(12-15(14)11-18(17)28-2)20(26)13-30-21-22-19(23-24-21)6-5-16-4-3-9-29-16/h3-6,9-11H,7-8,12-13H2,1-2H3,(H,22,23,24). The van der Waals surface area contributed by atoms with E-state index in [9.17, 15) is 4.79 Å². The Balaban J connectivity index is 1.34. The van der Waals surface area contributed by atoms with Crippen LogP contribution in [0.15, 0.2) is 34.8 Å². The highest BCUT2D eigenvalue weighted by Crippen LogP contribution is 2.33. The van der Waals surface area contributed by atoms with Gasteiger partial charge in [0, 0.05) is 18.0 Å². The lowest BCUT2D eigenvalue weighted by Gasteiger charge is -2.29. The molecule has 1 aliphatic rings. The maximum atomic E-state index is 12.7. The molecule has 1 amide bonds. The van der Waals surface area contributed by atoms with Crippen molar-refractivity contribution >= 4 is 41.2 Å². The van der Waals surface area contributed by atoms with Gasteiger partial charge in [0.2, 0.25) is 11.1 Å². The Hall–Kier alpha value is -2.78. The number of aromatic amines is 1. The van der Waals surface area contributed by atoms with Crippen LogP contribution in [0.25, 0.3) is 12.2 Å². The van der Waals surface area contributed by atoms with E-state index in [1.807, 2.05) is 46.7 Å². The third-order valence-electron chi connectivity index (χ3n) is 4.83. The first-order valence-corrected chi connectivity index (χ1v) is 11.3. The van der Waals surface area contributed by atoms with Gasteiger partial charge in [0.05, 0.1) is 20.0 Å². The van der Waals surface area contributed by atoms with Crippen LogP contribution in [0.5, 0.6) is 11.5 Å². The van der Waals surface area contributed by atoms with Gasteiger partial charge < -0.3 is 14.4 Å². The van der Waals surface area contributed by atoms with Crippen molar-refractivity contribution in [1.29, 1.82) is 0 Å². The van der Waals surface area contributed by atoms with E-state index in [0.29, 0.717) is 35.6 Å². The minimum Gasteiger partial charge on any atom is -0.493 e. The number of carbonyl (C=O) groups is 1. The van der Waals surface area contributed by atoms with Crippen LogP contribution < -0.4 is 9.47 Å². The van der Waals surface area contributed by atoms with Gasteiger partial charge >= 0.3 is 0 Å². The summed E-state index contributed by atoms with van der Waals surface area (Å²) < 4.78 is 10.8. The summed E-state index contributed by atoms with van der Waals surface area (Å²) in [7, 11) is 3.25. The molecule has 1 aliphatic heterocycles. The zero-order valence-corrected chi connectivity index (χ0v) is 18.4. The number of ether oxygens (including phenoxy) is 2. The van der Waals surface area contributed by atoms with Crippen LogP contribution in [0, 0.1) is 0 Å². The van der Waals surface area contributed by atoms with Gasteiger partial charge in [-0.2, -0.15) is 0 Å². The molecule has 0 unspecified atom stereocenters. The number of nitrogens with zero attached hydrogens (tertiary/aromatic N) is 3. The molecule has 2 aromatic heterocycles. The molecule has 0 aliphatic carbocycles. The Morgan fingerprint density at radius 1 is 1.27 bits per heavy atom. The number of H-pyrrole nitrogens is 1. The molecule has 7 nitrogen and oxygen atoms in total. The summed E-state index contributed by atoms with van der Waals surface area (Å²) in [5.74, 6) is 2.45. The molecule has 0 bridgehead atoms. The Morgan fingerprint density at radius 2 is 2.07 bits per heavy atom. The highest BCUT2D eigenvalue weighted by molar-refractivity contribution is 7.99. The van der Waals surface area contributed by atoms with Crippen molar-refractivity contribution in [2.75, 3.05) is 26.5 Å². The molecule has 1 aromatic carbocycles. The van der Waals surface area contributed by atoms with E-state index in [4.69, 9.17) is 9.47 Å². The second-order valence-electron chi connectivity index (χ2n) is 6.68. The lowest BCUT2D eigenvalue weighted by molar-refractivity contribution is -0.129. The summed E-state index contributed by atoms with van der Waals surface area (Å²) >= 11 is 3.00. The van der Waals surface area contributed by atoms with E-state index in [2.05, 4.69) is 15.2 Å². The number of methoxy groups -OCH3 is 2. The summed E-state index contributed by atoms with van der Waals surface area (Å²) in [4.78, 5) is 20.2. The molecule has 156 valence electrons. The third kappa shape index (κ3) is 4.68. The maximum Gasteiger partial charge on any atom is 0.233 e. The van der Waals surface area contributed by atoms with Crippen molar-refractivity contribution in [2.24, 2.45) is 0 Å². The molecule has 0 atom stereocenters. The number of thiophene rings is 1. The van der Waals surface area contributed by atoms with Crippen LogP contribution in [0.2, 0.25) is 0 Å². The van der Waals surface area contributed by atoms with Gasteiger partial charge in [-0.1, -0.05) is 17.8 Å². The second-order valence-corrected chi connectivity index (χ2v) is 8.60. The number of hydrogen-bond donors (Lipinski definition) is 1. The number of fused-ring (bicyclic) bond motifs is 1. The van der Waals surface area contributed by atoms with Gasteiger partial charge in [-0.05, 0) is 53.3 Å². The molecule has 3 aromatic rings. The average Bonchev–Trinajstić information content (AvgIpc) is 3.46. The molecule has 0 spiro atoms. The van der Waals surface area contributed by atoms with E-state index in [1.165, 1.54) is 17.3 Å². The number of rotatable bonds is 7. The molecule has 0 saturated carbocycles. The van der Waals surface area contributed by atoms with Crippen LogP contribution in [0.4, 0.5) is 0 Å². The number of hydrogen-bond acceptors (Lipinski definition) is 7. The van der Waals surface area contributed by atoms with Crippen molar-refractivity contribution in [3.8, 4) is 11.5 Å². The maximum absolute atomic E-state index is 12.7. The van der Waals surface area contributed by atoms with Gasteiger partial charge in [-0.15, -0.1) is 16.4 Å². The Labute approximate surface area is 183 Å². The molecular weight excluding hydrogens is 420 g/mol. The smallest absolute Gasteiger partial charge is 0.233 e. The Bertz CT molecular complexity index is 1050. The molecule has 4 rings (SSSR count). The van der Waals surface area contributed by atoms with Crippen molar-refractivity contribution in [3.05, 3.63) is 51.5 Å². The lowest BCUT2D eigenvalue weighted by Crippen LogP contribution is -2.37.